The van der Waals surface area contributed by atoms with Gasteiger partial charge < -0.3 is 15.7 Å². The quantitative estimate of drug-likeness (QED) is 0.542. The number of carboxylic acids is 1. The molecule has 0 atom stereocenters. The highest BCUT2D eigenvalue weighted by Gasteiger charge is 2.31. The van der Waals surface area contributed by atoms with E-state index in [1.54, 1.807) is 0 Å². The van der Waals surface area contributed by atoms with Gasteiger partial charge in [-0.25, -0.2) is 4.79 Å². The zero-order valence-electron chi connectivity index (χ0n) is 9.50. The van der Waals surface area contributed by atoms with Crippen molar-refractivity contribution in [1.82, 2.24) is 15.1 Å². The van der Waals surface area contributed by atoms with E-state index >= 15 is 0 Å². The summed E-state index contributed by atoms with van der Waals surface area (Å²) in [5.41, 5.74) is 10.2. The van der Waals surface area contributed by atoms with Crippen molar-refractivity contribution in [2.24, 2.45) is 5.16 Å². The Morgan fingerprint density at radius 1 is 1.56 bits per heavy atom. The molecule has 1 aromatic heterocycles. The highest BCUT2D eigenvalue weighted by atomic mass is 32.1. The maximum Gasteiger partial charge on any atom is 0.350 e. The van der Waals surface area contributed by atoms with Crippen molar-refractivity contribution in [3.05, 3.63) is 5.82 Å². The van der Waals surface area contributed by atoms with Gasteiger partial charge >= 0.3 is 5.97 Å². The molecule has 1 amide bonds. The molecule has 0 fully saturated rings. The van der Waals surface area contributed by atoms with Crippen LogP contribution in [0.5, 0.6) is 0 Å². The molecule has 1 rings (SSSR count). The maximum absolute atomic E-state index is 11.0. The van der Waals surface area contributed by atoms with Crippen molar-refractivity contribution in [2.75, 3.05) is 5.73 Å². The van der Waals surface area contributed by atoms with E-state index in [2.05, 4.69) is 14.5 Å². The second-order valence-electron chi connectivity index (χ2n) is 3.63. The number of carboxylic acid groups (broad SMARTS) is 1. The molecule has 0 aliphatic carbocycles. The number of aromatic nitrogens is 2. The second-order valence-corrected chi connectivity index (χ2v) is 4.42. The predicted octanol–water partition coefficient (Wildman–Crippen LogP) is -0.486. The van der Waals surface area contributed by atoms with Crippen LogP contribution < -0.4 is 11.5 Å². The largest absolute Gasteiger partial charge is 0.478 e. The smallest absolute Gasteiger partial charge is 0.350 e. The average molecular weight is 272 g/mol. The van der Waals surface area contributed by atoms with Gasteiger partial charge in [-0.1, -0.05) is 5.16 Å². The summed E-state index contributed by atoms with van der Waals surface area (Å²) in [6.45, 7) is 2.49. The summed E-state index contributed by atoms with van der Waals surface area (Å²) in [5.74, 6) is -2.64. The van der Waals surface area contributed by atoms with Crippen LogP contribution in [0.2, 0.25) is 0 Å². The Morgan fingerprint density at radius 3 is 2.56 bits per heavy atom. The molecule has 1 heterocycles. The lowest BCUT2D eigenvalue weighted by atomic mass is 10.1. The van der Waals surface area contributed by atoms with Crippen LogP contribution in [0.4, 0.5) is 5.13 Å². The summed E-state index contributed by atoms with van der Waals surface area (Å²) in [7, 11) is 0. The molecule has 0 spiro atoms. The predicted molar refractivity (Wildman–Crippen MR) is 61.8 cm³/mol. The van der Waals surface area contributed by atoms with Gasteiger partial charge in [-0.3, -0.25) is 10.5 Å². The zero-order chi connectivity index (χ0) is 13.9. The van der Waals surface area contributed by atoms with Crippen LogP contribution in [-0.4, -0.2) is 37.7 Å². The molecule has 97 valence electrons. The molecule has 0 aromatic carbocycles. The van der Waals surface area contributed by atoms with Gasteiger partial charge in [0.05, 0.1) is 0 Å². The molecule has 0 saturated heterocycles. The van der Waals surface area contributed by atoms with E-state index in [1.807, 2.05) is 0 Å². The first kappa shape index (κ1) is 13.8. The van der Waals surface area contributed by atoms with E-state index in [4.69, 9.17) is 21.4 Å². The van der Waals surface area contributed by atoms with E-state index < -0.39 is 23.2 Å². The van der Waals surface area contributed by atoms with E-state index in [0.717, 1.165) is 11.5 Å². The van der Waals surface area contributed by atoms with Gasteiger partial charge in [0.15, 0.2) is 5.13 Å². The lowest BCUT2D eigenvalue weighted by Crippen LogP contribution is -2.34. The van der Waals surface area contributed by atoms with Crippen molar-refractivity contribution in [2.45, 2.75) is 19.4 Å². The molecule has 0 bridgehead atoms. The number of nitrogens with two attached hydrogens (primary N) is 1. The third kappa shape index (κ3) is 3.13. The van der Waals surface area contributed by atoms with Gasteiger partial charge in [0.1, 0.15) is 0 Å². The molecular formula is C8H10N5O4S. The first-order chi connectivity index (χ1) is 8.24. The summed E-state index contributed by atoms with van der Waals surface area (Å²) in [4.78, 5) is 30.2. The fourth-order valence-corrected chi connectivity index (χ4v) is 1.15. The fourth-order valence-electron chi connectivity index (χ4n) is 0.714. The molecule has 4 N–H and O–H groups in total. The van der Waals surface area contributed by atoms with Crippen molar-refractivity contribution < 1.29 is 19.5 Å². The van der Waals surface area contributed by atoms with E-state index in [1.165, 1.54) is 13.8 Å². The Morgan fingerprint density at radius 2 is 2.17 bits per heavy atom. The average Bonchev–Trinajstić information content (AvgIpc) is 2.64. The van der Waals surface area contributed by atoms with Gasteiger partial charge in [0.2, 0.25) is 17.1 Å². The van der Waals surface area contributed by atoms with Crippen molar-refractivity contribution in [3.63, 3.8) is 0 Å². The summed E-state index contributed by atoms with van der Waals surface area (Å²) in [6, 6.07) is 0. The lowest BCUT2D eigenvalue weighted by Gasteiger charge is -2.16. The number of carbonyl (C=O) groups is 2. The Hall–Kier alpha value is -2.23. The minimum Gasteiger partial charge on any atom is -0.478 e. The van der Waals surface area contributed by atoms with E-state index in [-0.39, 0.29) is 11.0 Å². The van der Waals surface area contributed by atoms with Crippen molar-refractivity contribution in [3.8, 4) is 0 Å². The number of nitrogens with one attached hydrogen (secondary N) is 1. The number of rotatable bonds is 5. The van der Waals surface area contributed by atoms with Gasteiger partial charge in [-0.15, -0.1) is 0 Å². The van der Waals surface area contributed by atoms with E-state index in [9.17, 15) is 9.59 Å². The summed E-state index contributed by atoms with van der Waals surface area (Å²) >= 11 is 0.818. The molecule has 1 aromatic rings. The summed E-state index contributed by atoms with van der Waals surface area (Å²) < 4.78 is 3.69. The van der Waals surface area contributed by atoms with Crippen molar-refractivity contribution in [1.29, 1.82) is 0 Å². The summed E-state index contributed by atoms with van der Waals surface area (Å²) in [6.07, 6.45) is 0. The highest BCUT2D eigenvalue weighted by Crippen LogP contribution is 2.12. The van der Waals surface area contributed by atoms with Crippen LogP contribution in [0.3, 0.4) is 0 Å². The number of aliphatic carboxylic acids is 1. The topological polar surface area (TPSA) is 152 Å². The Labute approximate surface area is 106 Å². The number of hydrogen-bond donors (Lipinski definition) is 2. The lowest BCUT2D eigenvalue weighted by molar-refractivity contribution is -0.161. The standard InChI is InChI=1S/C8H10N5O4S/c1-8(2,6(15)16)17-12-3(4(9)14)5-11-7(10)18-13-5/h9H,1-2H3,(H,15,16)(H2,10,11,13). The molecule has 10 heteroatoms. The SMILES string of the molecule is CC(C)(ON=C(C([NH])=O)c1nsc(N)n1)C(=O)O. The molecule has 0 unspecified atom stereocenters. The molecule has 18 heavy (non-hydrogen) atoms. The van der Waals surface area contributed by atoms with Crippen molar-refractivity contribution >= 4 is 34.3 Å². The summed E-state index contributed by atoms with van der Waals surface area (Å²) in [5, 5.41) is 12.2. The number of nitrogen functional groups attached to an aromatic ring is 1. The van der Waals surface area contributed by atoms with Crippen LogP contribution in [0.15, 0.2) is 5.16 Å². The number of carbonyl (C=O) groups excluding carboxylic acids is 1. The molecular weight excluding hydrogens is 262 g/mol. The van der Waals surface area contributed by atoms with Crippen LogP contribution in [0, 0.1) is 0 Å². The number of amides is 1. The highest BCUT2D eigenvalue weighted by molar-refractivity contribution is 7.09. The molecule has 1 radical (unpaired) electrons. The number of anilines is 1. The van der Waals surface area contributed by atoms with Gasteiger partial charge in [0, 0.05) is 11.5 Å². The number of oxime groups is 1. The van der Waals surface area contributed by atoms with Gasteiger partial charge in [0.25, 0.3) is 5.91 Å². The molecule has 0 aliphatic rings. The third-order valence-electron chi connectivity index (χ3n) is 1.75. The van der Waals surface area contributed by atoms with Crippen LogP contribution >= 0.6 is 11.5 Å². The first-order valence-electron chi connectivity index (χ1n) is 4.59. The van der Waals surface area contributed by atoms with Gasteiger partial charge in [-0.05, 0) is 13.8 Å². The fraction of sp³-hybridized carbons (Fsp3) is 0.375. The number of nitrogens with zero attached hydrogens (tertiary/aromatic N) is 3. The van der Waals surface area contributed by atoms with Gasteiger partial charge in [-0.2, -0.15) is 9.36 Å². The monoisotopic (exact) mass is 272 g/mol. The maximum atomic E-state index is 11.0. The molecule has 9 nitrogen and oxygen atoms in total. The first-order valence-corrected chi connectivity index (χ1v) is 5.36. The van der Waals surface area contributed by atoms with Crippen LogP contribution in [-0.2, 0) is 14.4 Å². The second kappa shape index (κ2) is 4.96. The Bertz CT molecular complexity index is 509. The Kier molecular flexibility index (Phi) is 3.81. The normalized spacial score (nSPS) is 12.2. The molecule has 0 saturated carbocycles. The molecule has 0 aliphatic heterocycles. The minimum atomic E-state index is -1.64. The third-order valence-corrected chi connectivity index (χ3v) is 2.29. The van der Waals surface area contributed by atoms with Crippen LogP contribution in [0.1, 0.15) is 19.7 Å². The Balaban J connectivity index is 3.01. The number of hydrogen-bond acceptors (Lipinski definition) is 8. The minimum absolute atomic E-state index is 0.0939. The van der Waals surface area contributed by atoms with E-state index in [0.29, 0.717) is 0 Å². The van der Waals surface area contributed by atoms with Crippen LogP contribution in [0.25, 0.3) is 0 Å². The zero-order valence-corrected chi connectivity index (χ0v) is 10.3.